The number of ether oxygens (including phenoxy) is 1. The molecule has 1 aliphatic rings. The fourth-order valence-corrected chi connectivity index (χ4v) is 4.62. The molecule has 1 unspecified atom stereocenters. The molecule has 3 nitrogen and oxygen atoms in total. The van der Waals surface area contributed by atoms with E-state index in [1.54, 1.807) is 7.11 Å². The summed E-state index contributed by atoms with van der Waals surface area (Å²) < 4.78 is 5.23. The van der Waals surface area contributed by atoms with Crippen molar-refractivity contribution in [3.8, 4) is 0 Å². The quantitative estimate of drug-likeness (QED) is 0.839. The average Bonchev–Trinajstić information content (AvgIpc) is 2.72. The van der Waals surface area contributed by atoms with Gasteiger partial charge in [-0.25, -0.2) is 4.98 Å². The SMILES string of the molecule is COCCNC1(c2nc(C)c(C)s2)CCCCC1(C)C. The van der Waals surface area contributed by atoms with Crippen molar-refractivity contribution in [2.75, 3.05) is 20.3 Å². The molecule has 2 rings (SSSR count). The Labute approximate surface area is 127 Å². The second kappa shape index (κ2) is 6.12. The van der Waals surface area contributed by atoms with Crippen LogP contribution in [0.25, 0.3) is 0 Å². The Morgan fingerprint density at radius 2 is 1.95 bits per heavy atom. The van der Waals surface area contributed by atoms with Crippen molar-refractivity contribution in [1.82, 2.24) is 10.3 Å². The maximum atomic E-state index is 5.23. The Hall–Kier alpha value is -0.450. The van der Waals surface area contributed by atoms with E-state index in [4.69, 9.17) is 9.72 Å². The minimum atomic E-state index is 0.00741. The van der Waals surface area contributed by atoms with Gasteiger partial charge >= 0.3 is 0 Å². The fraction of sp³-hybridized carbons (Fsp3) is 0.812. The van der Waals surface area contributed by atoms with Crippen LogP contribution in [0.2, 0.25) is 0 Å². The van der Waals surface area contributed by atoms with Gasteiger partial charge in [0.05, 0.1) is 17.8 Å². The summed E-state index contributed by atoms with van der Waals surface area (Å²) in [5, 5.41) is 5.08. The summed E-state index contributed by atoms with van der Waals surface area (Å²) in [5.41, 5.74) is 1.42. The normalized spacial score (nSPS) is 25.9. The van der Waals surface area contributed by atoms with Crippen LogP contribution >= 0.6 is 11.3 Å². The van der Waals surface area contributed by atoms with Crippen molar-refractivity contribution in [2.24, 2.45) is 5.41 Å². The van der Waals surface area contributed by atoms with Gasteiger partial charge in [0.1, 0.15) is 5.01 Å². The van der Waals surface area contributed by atoms with Crippen LogP contribution in [0, 0.1) is 19.3 Å². The van der Waals surface area contributed by atoms with Gasteiger partial charge in [-0.05, 0) is 32.1 Å². The highest BCUT2D eigenvalue weighted by Gasteiger charge is 2.49. The number of thiazole rings is 1. The third kappa shape index (κ3) is 2.78. The van der Waals surface area contributed by atoms with E-state index in [1.165, 1.54) is 41.3 Å². The largest absolute Gasteiger partial charge is 0.383 e. The monoisotopic (exact) mass is 296 g/mol. The van der Waals surface area contributed by atoms with Gasteiger partial charge in [-0.15, -0.1) is 11.3 Å². The topological polar surface area (TPSA) is 34.1 Å². The molecule has 4 heteroatoms. The molecule has 1 heterocycles. The minimum absolute atomic E-state index is 0.00741. The highest BCUT2D eigenvalue weighted by atomic mass is 32.1. The molecular weight excluding hydrogens is 268 g/mol. The van der Waals surface area contributed by atoms with Crippen LogP contribution in [-0.2, 0) is 10.3 Å². The molecule has 1 N–H and O–H groups in total. The molecule has 0 aliphatic heterocycles. The molecule has 114 valence electrons. The van der Waals surface area contributed by atoms with Crippen LogP contribution in [0.3, 0.4) is 0 Å². The minimum Gasteiger partial charge on any atom is -0.383 e. The zero-order valence-electron chi connectivity index (χ0n) is 13.5. The van der Waals surface area contributed by atoms with E-state index in [2.05, 4.69) is 33.0 Å². The van der Waals surface area contributed by atoms with Crippen LogP contribution in [-0.4, -0.2) is 25.2 Å². The Morgan fingerprint density at radius 3 is 2.50 bits per heavy atom. The van der Waals surface area contributed by atoms with E-state index in [0.29, 0.717) is 0 Å². The predicted molar refractivity (Wildman–Crippen MR) is 85.4 cm³/mol. The zero-order chi connectivity index (χ0) is 14.8. The summed E-state index contributed by atoms with van der Waals surface area (Å²) in [6, 6.07) is 0. The molecule has 1 atom stereocenters. The number of hydrogen-bond acceptors (Lipinski definition) is 4. The van der Waals surface area contributed by atoms with E-state index in [0.717, 1.165) is 13.2 Å². The maximum absolute atomic E-state index is 5.23. The molecule has 0 spiro atoms. The van der Waals surface area contributed by atoms with Gasteiger partial charge < -0.3 is 10.1 Å². The summed E-state index contributed by atoms with van der Waals surface area (Å²) >= 11 is 1.87. The third-order valence-electron chi connectivity index (χ3n) is 4.89. The van der Waals surface area contributed by atoms with Crippen LogP contribution in [0.5, 0.6) is 0 Å². The first-order valence-corrected chi connectivity index (χ1v) is 8.43. The molecule has 0 radical (unpaired) electrons. The molecule has 1 aliphatic carbocycles. The van der Waals surface area contributed by atoms with Crippen molar-refractivity contribution in [2.45, 2.75) is 58.9 Å². The molecule has 1 aromatic heterocycles. The molecule has 1 saturated carbocycles. The van der Waals surface area contributed by atoms with Gasteiger partial charge in [-0.2, -0.15) is 0 Å². The van der Waals surface area contributed by atoms with E-state index < -0.39 is 0 Å². The molecule has 20 heavy (non-hydrogen) atoms. The van der Waals surface area contributed by atoms with Crippen molar-refractivity contribution >= 4 is 11.3 Å². The number of aromatic nitrogens is 1. The first-order valence-electron chi connectivity index (χ1n) is 7.61. The molecule has 0 saturated heterocycles. The Bertz CT molecular complexity index is 436. The number of rotatable bonds is 5. The Morgan fingerprint density at radius 1 is 1.25 bits per heavy atom. The molecule has 0 bridgehead atoms. The zero-order valence-corrected chi connectivity index (χ0v) is 14.3. The van der Waals surface area contributed by atoms with E-state index in [-0.39, 0.29) is 11.0 Å². The van der Waals surface area contributed by atoms with Crippen LogP contribution in [0.15, 0.2) is 0 Å². The fourth-order valence-electron chi connectivity index (χ4n) is 3.33. The van der Waals surface area contributed by atoms with Crippen LogP contribution in [0.1, 0.15) is 55.1 Å². The van der Waals surface area contributed by atoms with E-state index in [9.17, 15) is 0 Å². The average molecular weight is 296 g/mol. The van der Waals surface area contributed by atoms with Crippen molar-refractivity contribution in [3.05, 3.63) is 15.6 Å². The molecular formula is C16H28N2OS. The predicted octanol–water partition coefficient (Wildman–Crippen LogP) is 3.79. The van der Waals surface area contributed by atoms with Gasteiger partial charge in [0.2, 0.25) is 0 Å². The third-order valence-corrected chi connectivity index (χ3v) is 6.12. The van der Waals surface area contributed by atoms with Crippen LogP contribution in [0.4, 0.5) is 0 Å². The second-order valence-corrected chi connectivity index (χ2v) is 7.78. The summed E-state index contributed by atoms with van der Waals surface area (Å²) in [6.45, 7) is 10.7. The first kappa shape index (κ1) is 15.9. The van der Waals surface area contributed by atoms with E-state index in [1.807, 2.05) is 11.3 Å². The Kier molecular flexibility index (Phi) is 4.88. The number of nitrogens with zero attached hydrogens (tertiary/aromatic N) is 1. The van der Waals surface area contributed by atoms with Gasteiger partial charge in [0.25, 0.3) is 0 Å². The molecule has 1 fully saturated rings. The lowest BCUT2D eigenvalue weighted by Gasteiger charge is -2.49. The lowest BCUT2D eigenvalue weighted by atomic mass is 9.63. The smallest absolute Gasteiger partial charge is 0.114 e. The van der Waals surface area contributed by atoms with Crippen LogP contribution < -0.4 is 5.32 Å². The second-order valence-electron chi connectivity index (χ2n) is 6.58. The maximum Gasteiger partial charge on any atom is 0.114 e. The number of methoxy groups -OCH3 is 1. The lowest BCUT2D eigenvalue weighted by Crippen LogP contribution is -2.55. The van der Waals surface area contributed by atoms with Gasteiger partial charge in [0.15, 0.2) is 0 Å². The summed E-state index contributed by atoms with van der Waals surface area (Å²) in [7, 11) is 1.76. The number of aryl methyl sites for hydroxylation is 2. The van der Waals surface area contributed by atoms with Gasteiger partial charge in [0, 0.05) is 18.5 Å². The van der Waals surface area contributed by atoms with Crippen molar-refractivity contribution in [3.63, 3.8) is 0 Å². The molecule has 0 amide bonds. The van der Waals surface area contributed by atoms with E-state index >= 15 is 0 Å². The lowest BCUT2D eigenvalue weighted by molar-refractivity contribution is 0.0512. The molecule has 1 aromatic rings. The molecule has 0 aromatic carbocycles. The highest BCUT2D eigenvalue weighted by Crippen LogP contribution is 2.51. The highest BCUT2D eigenvalue weighted by molar-refractivity contribution is 7.11. The summed E-state index contributed by atoms with van der Waals surface area (Å²) in [6.07, 6.45) is 5.03. The van der Waals surface area contributed by atoms with Gasteiger partial charge in [-0.3, -0.25) is 0 Å². The van der Waals surface area contributed by atoms with Gasteiger partial charge in [-0.1, -0.05) is 26.7 Å². The number of hydrogen-bond donors (Lipinski definition) is 1. The first-order chi connectivity index (χ1) is 9.43. The van der Waals surface area contributed by atoms with Crippen molar-refractivity contribution in [1.29, 1.82) is 0 Å². The Balaban J connectivity index is 2.37. The standard InChI is InChI=1S/C16H28N2OS/c1-12-13(2)20-14(18-12)16(17-10-11-19-5)9-7-6-8-15(16,3)4/h17H,6-11H2,1-5H3. The van der Waals surface area contributed by atoms with Crippen molar-refractivity contribution < 1.29 is 4.74 Å². The number of nitrogens with one attached hydrogen (secondary N) is 1. The summed E-state index contributed by atoms with van der Waals surface area (Å²) in [5.74, 6) is 0. The summed E-state index contributed by atoms with van der Waals surface area (Å²) in [4.78, 5) is 6.24.